The fourth-order valence-corrected chi connectivity index (χ4v) is 3.59. The molecule has 0 aromatic heterocycles. The molecule has 6 heteroatoms. The van der Waals surface area contributed by atoms with Crippen LogP contribution in [-0.4, -0.2) is 34.9 Å². The maximum atomic E-state index is 12.6. The first kappa shape index (κ1) is 17.8. The Morgan fingerprint density at radius 2 is 2.09 bits per heavy atom. The molecule has 5 nitrogen and oxygen atoms in total. The number of carboxylic acids is 1. The number of thioether (sulfide) groups is 1. The number of hydrogen-bond donors (Lipinski definition) is 2. The number of aliphatic carboxylic acids is 1. The molecule has 2 N–H and O–H groups in total. The highest BCUT2D eigenvalue weighted by atomic mass is 32.2. The second kappa shape index (κ2) is 8.36. The van der Waals surface area contributed by atoms with Gasteiger partial charge in [-0.2, -0.15) is 0 Å². The van der Waals surface area contributed by atoms with Crippen LogP contribution in [0.25, 0.3) is 0 Å². The molecule has 1 aliphatic carbocycles. The summed E-state index contributed by atoms with van der Waals surface area (Å²) in [5, 5.41) is 11.6. The molecule has 0 heterocycles. The van der Waals surface area contributed by atoms with Gasteiger partial charge in [0.2, 0.25) is 0 Å². The molecule has 2 rings (SSSR count). The lowest BCUT2D eigenvalue weighted by atomic mass is 10.0. The van der Waals surface area contributed by atoms with Crippen LogP contribution in [0.1, 0.15) is 38.2 Å². The molecular weight excluding hydrogens is 314 g/mol. The minimum atomic E-state index is -0.820. The number of carboxylic acid groups (broad SMARTS) is 1. The van der Waals surface area contributed by atoms with Crippen LogP contribution in [0.3, 0.4) is 0 Å². The van der Waals surface area contributed by atoms with Crippen LogP contribution in [0.4, 0.5) is 5.69 Å². The van der Waals surface area contributed by atoms with Crippen molar-refractivity contribution in [2.75, 3.05) is 17.7 Å². The SMILES string of the molecule is CCOC1(C(=O)Nc2cccc(CSCC(=O)O)c2)CCCC1. The van der Waals surface area contributed by atoms with Gasteiger partial charge >= 0.3 is 5.97 Å². The molecule has 0 bridgehead atoms. The third-order valence-corrected chi connectivity index (χ3v) is 4.91. The summed E-state index contributed by atoms with van der Waals surface area (Å²) in [6.07, 6.45) is 3.56. The molecule has 0 aliphatic heterocycles. The van der Waals surface area contributed by atoms with Crippen LogP contribution < -0.4 is 5.32 Å². The number of nitrogens with one attached hydrogen (secondary N) is 1. The van der Waals surface area contributed by atoms with Gasteiger partial charge in [-0.05, 0) is 50.3 Å². The van der Waals surface area contributed by atoms with Crippen molar-refractivity contribution in [3.63, 3.8) is 0 Å². The molecular formula is C17H23NO4S. The summed E-state index contributed by atoms with van der Waals surface area (Å²) in [5.74, 6) is -0.219. The van der Waals surface area contributed by atoms with E-state index < -0.39 is 11.6 Å². The highest BCUT2D eigenvalue weighted by Crippen LogP contribution is 2.34. The van der Waals surface area contributed by atoms with Crippen molar-refractivity contribution in [2.24, 2.45) is 0 Å². The van der Waals surface area contributed by atoms with Gasteiger partial charge in [0.1, 0.15) is 5.60 Å². The van der Waals surface area contributed by atoms with E-state index in [1.807, 2.05) is 31.2 Å². The first-order valence-electron chi connectivity index (χ1n) is 7.89. The Bertz CT molecular complexity index is 555. The number of carbonyl (C=O) groups is 2. The monoisotopic (exact) mass is 337 g/mol. The largest absolute Gasteiger partial charge is 0.481 e. The second-order valence-electron chi connectivity index (χ2n) is 5.68. The number of hydrogen-bond acceptors (Lipinski definition) is 4. The molecule has 0 spiro atoms. The maximum absolute atomic E-state index is 12.6. The third-order valence-electron chi connectivity index (χ3n) is 3.92. The predicted octanol–water partition coefficient (Wildman–Crippen LogP) is 3.29. The molecule has 1 fully saturated rings. The lowest BCUT2D eigenvalue weighted by molar-refractivity contribution is -0.140. The fraction of sp³-hybridized carbons (Fsp3) is 0.529. The summed E-state index contributed by atoms with van der Waals surface area (Å²) in [5.41, 5.74) is 1.03. The fourth-order valence-electron chi connectivity index (χ4n) is 2.90. The van der Waals surface area contributed by atoms with Crippen LogP contribution in [0.15, 0.2) is 24.3 Å². The summed E-state index contributed by atoms with van der Waals surface area (Å²) in [6.45, 7) is 2.44. The van der Waals surface area contributed by atoms with E-state index in [1.54, 1.807) is 0 Å². The number of benzene rings is 1. The maximum Gasteiger partial charge on any atom is 0.313 e. The zero-order chi connectivity index (χ0) is 16.7. The summed E-state index contributed by atoms with van der Waals surface area (Å²) in [7, 11) is 0. The molecule has 126 valence electrons. The van der Waals surface area contributed by atoms with Crippen molar-refractivity contribution in [3.05, 3.63) is 29.8 Å². The average molecular weight is 337 g/mol. The molecule has 23 heavy (non-hydrogen) atoms. The zero-order valence-corrected chi connectivity index (χ0v) is 14.2. The number of rotatable bonds is 8. The van der Waals surface area contributed by atoms with Crippen molar-refractivity contribution in [2.45, 2.75) is 44.0 Å². The third kappa shape index (κ3) is 4.97. The highest BCUT2D eigenvalue weighted by Gasteiger charge is 2.41. The van der Waals surface area contributed by atoms with E-state index in [0.717, 1.165) is 36.9 Å². The quantitative estimate of drug-likeness (QED) is 0.761. The van der Waals surface area contributed by atoms with Crippen molar-refractivity contribution in [1.82, 2.24) is 0 Å². The van der Waals surface area contributed by atoms with E-state index in [4.69, 9.17) is 9.84 Å². The molecule has 1 aromatic rings. The molecule has 0 radical (unpaired) electrons. The van der Waals surface area contributed by atoms with E-state index in [-0.39, 0.29) is 11.7 Å². The van der Waals surface area contributed by atoms with Gasteiger partial charge in [-0.25, -0.2) is 0 Å². The van der Waals surface area contributed by atoms with E-state index in [0.29, 0.717) is 12.4 Å². The van der Waals surface area contributed by atoms with Crippen molar-refractivity contribution < 1.29 is 19.4 Å². The first-order chi connectivity index (χ1) is 11.1. The Morgan fingerprint density at radius 3 is 2.74 bits per heavy atom. The van der Waals surface area contributed by atoms with Gasteiger partial charge in [0.05, 0.1) is 5.75 Å². The Kier molecular flexibility index (Phi) is 6.47. The summed E-state index contributed by atoms with van der Waals surface area (Å²) >= 11 is 1.34. The summed E-state index contributed by atoms with van der Waals surface area (Å²) in [6, 6.07) is 7.53. The standard InChI is InChI=1S/C17H23NO4S/c1-2-22-17(8-3-4-9-17)16(21)18-14-7-5-6-13(10-14)11-23-12-15(19)20/h5-7,10H,2-4,8-9,11-12H2,1H3,(H,18,21)(H,19,20). The predicted molar refractivity (Wildman–Crippen MR) is 91.7 cm³/mol. The molecule has 0 unspecified atom stereocenters. The minimum Gasteiger partial charge on any atom is -0.481 e. The van der Waals surface area contributed by atoms with E-state index in [1.165, 1.54) is 11.8 Å². The molecule has 1 aliphatic rings. The average Bonchev–Trinajstić information content (AvgIpc) is 2.97. The van der Waals surface area contributed by atoms with Gasteiger partial charge in [-0.3, -0.25) is 9.59 Å². The Morgan fingerprint density at radius 1 is 1.35 bits per heavy atom. The number of amides is 1. The van der Waals surface area contributed by atoms with Crippen LogP contribution >= 0.6 is 11.8 Å². The van der Waals surface area contributed by atoms with Crippen LogP contribution in [0, 0.1) is 0 Å². The van der Waals surface area contributed by atoms with Crippen molar-refractivity contribution >= 4 is 29.3 Å². The van der Waals surface area contributed by atoms with Crippen LogP contribution in [0.5, 0.6) is 0 Å². The van der Waals surface area contributed by atoms with Gasteiger partial charge in [0.15, 0.2) is 0 Å². The van der Waals surface area contributed by atoms with E-state index in [2.05, 4.69) is 5.32 Å². The summed E-state index contributed by atoms with van der Waals surface area (Å²) in [4.78, 5) is 23.2. The van der Waals surface area contributed by atoms with Gasteiger partial charge < -0.3 is 15.2 Å². The van der Waals surface area contributed by atoms with Crippen molar-refractivity contribution in [1.29, 1.82) is 0 Å². The zero-order valence-electron chi connectivity index (χ0n) is 13.3. The van der Waals surface area contributed by atoms with Gasteiger partial charge in [0, 0.05) is 18.0 Å². The van der Waals surface area contributed by atoms with Gasteiger partial charge in [0.25, 0.3) is 5.91 Å². The first-order valence-corrected chi connectivity index (χ1v) is 9.05. The lowest BCUT2D eigenvalue weighted by Crippen LogP contribution is -2.43. The minimum absolute atomic E-state index is 0.0735. The lowest BCUT2D eigenvalue weighted by Gasteiger charge is -2.27. The molecule has 1 amide bonds. The summed E-state index contributed by atoms with van der Waals surface area (Å²) < 4.78 is 5.76. The Balaban J connectivity index is 1.99. The Hall–Kier alpha value is -1.53. The molecule has 1 aromatic carbocycles. The van der Waals surface area contributed by atoms with Crippen LogP contribution in [-0.2, 0) is 20.1 Å². The smallest absolute Gasteiger partial charge is 0.313 e. The molecule has 0 saturated heterocycles. The number of anilines is 1. The number of carbonyl (C=O) groups excluding carboxylic acids is 1. The van der Waals surface area contributed by atoms with E-state index >= 15 is 0 Å². The van der Waals surface area contributed by atoms with Crippen molar-refractivity contribution in [3.8, 4) is 0 Å². The normalized spacial score (nSPS) is 16.2. The topological polar surface area (TPSA) is 75.6 Å². The van der Waals surface area contributed by atoms with Gasteiger partial charge in [-0.15, -0.1) is 11.8 Å². The van der Waals surface area contributed by atoms with E-state index in [9.17, 15) is 9.59 Å². The Labute approximate surface area is 140 Å². The molecule has 1 saturated carbocycles. The van der Waals surface area contributed by atoms with Crippen LogP contribution in [0.2, 0.25) is 0 Å². The number of ether oxygens (including phenoxy) is 1. The molecule has 0 atom stereocenters. The highest BCUT2D eigenvalue weighted by molar-refractivity contribution is 7.99. The second-order valence-corrected chi connectivity index (χ2v) is 6.66. The van der Waals surface area contributed by atoms with Gasteiger partial charge in [-0.1, -0.05) is 12.1 Å².